The molecule has 5 nitrogen and oxygen atoms in total. The molecular formula is C16H20FN5. The van der Waals surface area contributed by atoms with Crippen molar-refractivity contribution in [2.45, 2.75) is 26.3 Å². The Morgan fingerprint density at radius 2 is 2.05 bits per heavy atom. The number of benzene rings is 1. The molecule has 116 valence electrons. The Labute approximate surface area is 129 Å². The summed E-state index contributed by atoms with van der Waals surface area (Å²) in [5.74, 6) is 1.80. The summed E-state index contributed by atoms with van der Waals surface area (Å²) >= 11 is 0. The summed E-state index contributed by atoms with van der Waals surface area (Å²) in [6.07, 6.45) is 3.86. The van der Waals surface area contributed by atoms with Crippen LogP contribution in [0.4, 0.5) is 16.2 Å². The Morgan fingerprint density at radius 3 is 2.82 bits per heavy atom. The molecule has 2 heterocycles. The van der Waals surface area contributed by atoms with Crippen molar-refractivity contribution in [3.63, 3.8) is 0 Å². The normalized spacial score (nSPS) is 15.8. The molecule has 1 aliphatic rings. The van der Waals surface area contributed by atoms with Gasteiger partial charge in [-0.2, -0.15) is 10.1 Å². The van der Waals surface area contributed by atoms with Crippen LogP contribution in [0.1, 0.15) is 25.3 Å². The molecule has 22 heavy (non-hydrogen) atoms. The van der Waals surface area contributed by atoms with E-state index in [-0.39, 0.29) is 5.82 Å². The summed E-state index contributed by atoms with van der Waals surface area (Å²) in [6.45, 7) is 4.56. The fourth-order valence-corrected chi connectivity index (χ4v) is 2.55. The van der Waals surface area contributed by atoms with Crippen LogP contribution in [0.15, 0.2) is 30.5 Å². The van der Waals surface area contributed by atoms with Gasteiger partial charge < -0.3 is 10.2 Å². The predicted octanol–water partition coefficient (Wildman–Crippen LogP) is 2.86. The van der Waals surface area contributed by atoms with Gasteiger partial charge >= 0.3 is 0 Å². The van der Waals surface area contributed by atoms with E-state index in [1.165, 1.54) is 6.07 Å². The lowest BCUT2D eigenvalue weighted by Gasteiger charge is -2.29. The molecule has 3 rings (SSSR count). The van der Waals surface area contributed by atoms with Gasteiger partial charge in [0.05, 0.1) is 6.20 Å². The predicted molar refractivity (Wildman–Crippen MR) is 84.2 cm³/mol. The van der Waals surface area contributed by atoms with Gasteiger partial charge in [-0.25, -0.2) is 4.39 Å². The molecule has 0 spiro atoms. The van der Waals surface area contributed by atoms with E-state index in [1.54, 1.807) is 18.3 Å². The minimum atomic E-state index is -0.220. The van der Waals surface area contributed by atoms with Crippen molar-refractivity contribution in [2.75, 3.05) is 23.3 Å². The highest BCUT2D eigenvalue weighted by Crippen LogP contribution is 2.20. The Balaban J connectivity index is 1.65. The molecule has 1 N–H and O–H groups in total. The third-order valence-corrected chi connectivity index (χ3v) is 4.03. The SMILES string of the molecule is CC1CCN(c2nncc(NCc3ccccc3F)n2)CC1. The van der Waals surface area contributed by atoms with Gasteiger partial charge in [-0.3, -0.25) is 0 Å². The fourth-order valence-electron chi connectivity index (χ4n) is 2.55. The van der Waals surface area contributed by atoms with Gasteiger partial charge in [0, 0.05) is 25.2 Å². The van der Waals surface area contributed by atoms with Gasteiger partial charge in [-0.15, -0.1) is 5.10 Å². The van der Waals surface area contributed by atoms with Gasteiger partial charge in [0.2, 0.25) is 5.95 Å². The molecule has 0 saturated carbocycles. The van der Waals surface area contributed by atoms with E-state index in [1.807, 2.05) is 6.07 Å². The van der Waals surface area contributed by atoms with E-state index in [4.69, 9.17) is 0 Å². The molecule has 1 aromatic heterocycles. The minimum absolute atomic E-state index is 0.220. The molecule has 1 aromatic carbocycles. The average molecular weight is 301 g/mol. The van der Waals surface area contributed by atoms with E-state index < -0.39 is 0 Å². The van der Waals surface area contributed by atoms with Crippen LogP contribution < -0.4 is 10.2 Å². The summed E-state index contributed by atoms with van der Waals surface area (Å²) in [5.41, 5.74) is 0.606. The highest BCUT2D eigenvalue weighted by Gasteiger charge is 2.18. The second-order valence-electron chi connectivity index (χ2n) is 5.76. The second kappa shape index (κ2) is 6.68. The number of aromatic nitrogens is 3. The minimum Gasteiger partial charge on any atom is -0.364 e. The maximum Gasteiger partial charge on any atom is 0.247 e. The molecule has 0 amide bonds. The van der Waals surface area contributed by atoms with Crippen molar-refractivity contribution in [1.82, 2.24) is 15.2 Å². The molecule has 0 bridgehead atoms. The molecule has 0 radical (unpaired) electrons. The highest BCUT2D eigenvalue weighted by molar-refractivity contribution is 5.40. The van der Waals surface area contributed by atoms with Crippen LogP contribution in [0.5, 0.6) is 0 Å². The zero-order chi connectivity index (χ0) is 15.4. The molecule has 1 aliphatic heterocycles. The van der Waals surface area contributed by atoms with E-state index in [0.29, 0.717) is 23.9 Å². The van der Waals surface area contributed by atoms with Crippen molar-refractivity contribution in [3.8, 4) is 0 Å². The topological polar surface area (TPSA) is 53.9 Å². The Hall–Kier alpha value is -2.24. The Morgan fingerprint density at radius 1 is 1.27 bits per heavy atom. The molecule has 6 heteroatoms. The summed E-state index contributed by atoms with van der Waals surface area (Å²) in [4.78, 5) is 6.64. The number of hydrogen-bond acceptors (Lipinski definition) is 5. The summed E-state index contributed by atoms with van der Waals surface area (Å²) in [5, 5.41) is 11.2. The zero-order valence-electron chi connectivity index (χ0n) is 12.7. The number of nitrogens with one attached hydrogen (secondary N) is 1. The number of anilines is 2. The molecule has 0 aliphatic carbocycles. The fraction of sp³-hybridized carbons (Fsp3) is 0.438. The first-order chi connectivity index (χ1) is 10.7. The summed E-state index contributed by atoms with van der Waals surface area (Å²) in [6, 6.07) is 6.71. The van der Waals surface area contributed by atoms with Crippen LogP contribution in [-0.2, 0) is 6.54 Å². The second-order valence-corrected chi connectivity index (χ2v) is 5.76. The maximum atomic E-state index is 13.6. The van der Waals surface area contributed by atoms with E-state index in [2.05, 4.69) is 32.3 Å². The third-order valence-electron chi connectivity index (χ3n) is 4.03. The average Bonchev–Trinajstić information content (AvgIpc) is 2.55. The van der Waals surface area contributed by atoms with E-state index in [9.17, 15) is 4.39 Å². The first-order valence-corrected chi connectivity index (χ1v) is 7.64. The monoisotopic (exact) mass is 301 g/mol. The highest BCUT2D eigenvalue weighted by atomic mass is 19.1. The standard InChI is InChI=1S/C16H20FN5/c1-12-6-8-22(9-7-12)16-20-15(11-19-21-16)18-10-13-4-2-3-5-14(13)17/h2-5,11-12H,6-10H2,1H3,(H,18,20,21). The Kier molecular flexibility index (Phi) is 4.46. The summed E-state index contributed by atoms with van der Waals surface area (Å²) in [7, 11) is 0. The number of piperidine rings is 1. The van der Waals surface area contributed by atoms with Crippen LogP contribution >= 0.6 is 0 Å². The molecular weight excluding hydrogens is 281 g/mol. The van der Waals surface area contributed by atoms with Crippen molar-refractivity contribution in [3.05, 3.63) is 41.8 Å². The van der Waals surface area contributed by atoms with E-state index in [0.717, 1.165) is 31.8 Å². The first-order valence-electron chi connectivity index (χ1n) is 7.64. The lowest BCUT2D eigenvalue weighted by molar-refractivity contribution is 0.433. The van der Waals surface area contributed by atoms with Crippen molar-refractivity contribution < 1.29 is 4.39 Å². The van der Waals surface area contributed by atoms with Crippen LogP contribution in [0.2, 0.25) is 0 Å². The largest absolute Gasteiger partial charge is 0.364 e. The molecule has 1 saturated heterocycles. The maximum absolute atomic E-state index is 13.6. The molecule has 1 fully saturated rings. The zero-order valence-corrected chi connectivity index (χ0v) is 12.7. The van der Waals surface area contributed by atoms with Crippen molar-refractivity contribution in [2.24, 2.45) is 5.92 Å². The summed E-state index contributed by atoms with van der Waals surface area (Å²) < 4.78 is 13.6. The number of rotatable bonds is 4. The molecule has 2 aromatic rings. The Bertz CT molecular complexity index is 625. The third kappa shape index (κ3) is 3.50. The van der Waals surface area contributed by atoms with Crippen LogP contribution in [-0.4, -0.2) is 28.3 Å². The van der Waals surface area contributed by atoms with Crippen LogP contribution in [0, 0.1) is 11.7 Å². The lowest BCUT2D eigenvalue weighted by Crippen LogP contribution is -2.34. The van der Waals surface area contributed by atoms with Gasteiger partial charge in [0.1, 0.15) is 5.82 Å². The van der Waals surface area contributed by atoms with Crippen LogP contribution in [0.3, 0.4) is 0 Å². The van der Waals surface area contributed by atoms with Gasteiger partial charge in [-0.1, -0.05) is 25.1 Å². The number of halogens is 1. The number of nitrogens with zero attached hydrogens (tertiary/aromatic N) is 4. The van der Waals surface area contributed by atoms with Gasteiger partial charge in [0.25, 0.3) is 0 Å². The van der Waals surface area contributed by atoms with E-state index >= 15 is 0 Å². The van der Waals surface area contributed by atoms with Gasteiger partial charge in [-0.05, 0) is 24.8 Å². The van der Waals surface area contributed by atoms with Crippen LogP contribution in [0.25, 0.3) is 0 Å². The smallest absolute Gasteiger partial charge is 0.247 e. The van der Waals surface area contributed by atoms with Gasteiger partial charge in [0.15, 0.2) is 5.82 Å². The quantitative estimate of drug-likeness (QED) is 0.941. The molecule has 0 unspecified atom stereocenters. The van der Waals surface area contributed by atoms with Crippen molar-refractivity contribution >= 4 is 11.8 Å². The molecule has 0 atom stereocenters. The lowest BCUT2D eigenvalue weighted by atomic mass is 10.00. The number of hydrogen-bond donors (Lipinski definition) is 1. The first kappa shape index (κ1) is 14.7. The van der Waals surface area contributed by atoms with Crippen molar-refractivity contribution in [1.29, 1.82) is 0 Å².